The second kappa shape index (κ2) is 9.14. The van der Waals surface area contributed by atoms with Crippen molar-refractivity contribution >= 4 is 10.8 Å². The molecule has 0 aromatic heterocycles. The molecule has 0 aliphatic rings. The maximum absolute atomic E-state index is 12.0. The van der Waals surface area contributed by atoms with Crippen molar-refractivity contribution < 1.29 is 13.7 Å². The quantitative estimate of drug-likeness (QED) is 0.599. The van der Waals surface area contributed by atoms with E-state index < -0.39 is 10.8 Å². The van der Waals surface area contributed by atoms with Gasteiger partial charge >= 0.3 is 0 Å². The van der Waals surface area contributed by atoms with E-state index in [1.54, 1.807) is 7.11 Å². The molecule has 0 unspecified atom stereocenters. The van der Waals surface area contributed by atoms with Gasteiger partial charge in [-0.25, -0.2) is 4.21 Å². The zero-order chi connectivity index (χ0) is 16.5. The van der Waals surface area contributed by atoms with Crippen LogP contribution in [0.5, 0.6) is 5.75 Å². The van der Waals surface area contributed by atoms with Crippen molar-refractivity contribution in [1.29, 1.82) is 0 Å². The highest BCUT2D eigenvalue weighted by Gasteiger charge is 1.98. The molecule has 1 atom stereocenters. The minimum absolute atomic E-state index is 0.518. The second-order valence-corrected chi connectivity index (χ2v) is 6.22. The Bertz CT molecular complexity index is 694. The number of hydrogen-bond acceptors (Lipinski definition) is 3. The van der Waals surface area contributed by atoms with Crippen molar-refractivity contribution in [2.45, 2.75) is 24.8 Å². The van der Waals surface area contributed by atoms with Gasteiger partial charge < -0.3 is 9.47 Å². The molecule has 0 spiro atoms. The first-order valence-corrected chi connectivity index (χ1v) is 8.51. The summed E-state index contributed by atoms with van der Waals surface area (Å²) >= 11 is 0. The molecule has 0 heterocycles. The zero-order valence-electron chi connectivity index (χ0n) is 13.4. The Morgan fingerprint density at radius 2 is 1.74 bits per heavy atom. The summed E-state index contributed by atoms with van der Waals surface area (Å²) in [5, 5.41) is 2.76. The smallest absolute Gasteiger partial charge is 0.130 e. The molecular weight excluding hydrogens is 308 g/mol. The average molecular weight is 328 g/mol. The summed E-state index contributed by atoms with van der Waals surface area (Å²) in [5.41, 5.74) is 2.23. The van der Waals surface area contributed by atoms with Gasteiger partial charge in [0, 0.05) is 11.7 Å². The number of aryl methyl sites for hydroxylation is 1. The largest absolute Gasteiger partial charge is 0.497 e. The van der Waals surface area contributed by atoms with Crippen LogP contribution < -0.4 is 4.74 Å². The molecule has 0 radical (unpaired) electrons. The number of rotatable bonds is 6. The molecule has 3 nitrogen and oxygen atoms in total. The van der Waals surface area contributed by atoms with Crippen LogP contribution in [0.15, 0.2) is 53.4 Å². The lowest BCUT2D eigenvalue weighted by atomic mass is 10.2. The van der Waals surface area contributed by atoms with Gasteiger partial charge in [0.1, 0.15) is 16.5 Å². The zero-order valence-corrected chi connectivity index (χ0v) is 14.2. The summed E-state index contributed by atoms with van der Waals surface area (Å²) in [6, 6.07) is 15.3. The van der Waals surface area contributed by atoms with Gasteiger partial charge in [0.15, 0.2) is 0 Å². The number of methoxy groups -OCH3 is 1. The van der Waals surface area contributed by atoms with Crippen LogP contribution in [0.1, 0.15) is 17.5 Å². The Morgan fingerprint density at radius 3 is 2.39 bits per heavy atom. The molecule has 0 aliphatic heterocycles. The molecule has 23 heavy (non-hydrogen) atoms. The highest BCUT2D eigenvalue weighted by molar-refractivity contribution is 7.89. The van der Waals surface area contributed by atoms with Gasteiger partial charge in [0.25, 0.3) is 0 Å². The minimum atomic E-state index is -1.27. The molecule has 2 rings (SSSR count). The second-order valence-electron chi connectivity index (χ2n) is 5.01. The highest BCUT2D eigenvalue weighted by atomic mass is 32.2. The van der Waals surface area contributed by atoms with Crippen LogP contribution in [0, 0.1) is 18.1 Å². The van der Waals surface area contributed by atoms with Crippen LogP contribution in [-0.2, 0) is 22.1 Å². The third-order valence-electron chi connectivity index (χ3n) is 3.20. The van der Waals surface area contributed by atoms with Crippen molar-refractivity contribution in [3.05, 3.63) is 59.7 Å². The molecule has 0 saturated carbocycles. The summed E-state index contributed by atoms with van der Waals surface area (Å²) in [6.07, 6.45) is 0.563. The van der Waals surface area contributed by atoms with E-state index >= 15 is 0 Å². The van der Waals surface area contributed by atoms with Gasteiger partial charge in [-0.15, -0.1) is 0 Å². The Hall–Kier alpha value is -2.09. The van der Waals surface area contributed by atoms with Gasteiger partial charge in [-0.05, 0) is 36.8 Å². The van der Waals surface area contributed by atoms with E-state index in [1.807, 2.05) is 55.5 Å². The molecule has 2 aromatic rings. The Labute approximate surface area is 140 Å². The fourth-order valence-corrected chi connectivity index (χ4v) is 2.61. The molecule has 0 bridgehead atoms. The van der Waals surface area contributed by atoms with E-state index in [1.165, 1.54) is 0 Å². The molecule has 0 aliphatic carbocycles. The fourth-order valence-electron chi connectivity index (χ4n) is 1.87. The Kier molecular flexibility index (Phi) is 6.86. The van der Waals surface area contributed by atoms with Crippen molar-refractivity contribution in [1.82, 2.24) is 0 Å². The van der Waals surface area contributed by atoms with Crippen LogP contribution in [0.2, 0.25) is 0 Å². The SMILES string of the molecule is COc1ccc(COCCC#C[S@](=O)c2ccc(C)cc2)cc1. The van der Waals surface area contributed by atoms with Crippen LogP contribution in [0.4, 0.5) is 0 Å². The lowest BCUT2D eigenvalue weighted by Gasteiger charge is -2.03. The molecule has 0 N–H and O–H groups in total. The maximum atomic E-state index is 12.0. The minimum Gasteiger partial charge on any atom is -0.497 e. The van der Waals surface area contributed by atoms with E-state index in [-0.39, 0.29) is 0 Å². The summed E-state index contributed by atoms with van der Waals surface area (Å²) in [4.78, 5) is 0.738. The van der Waals surface area contributed by atoms with Crippen molar-refractivity contribution in [2.24, 2.45) is 0 Å². The summed E-state index contributed by atoms with van der Waals surface area (Å²) in [6.45, 7) is 3.05. The molecule has 120 valence electrons. The number of ether oxygens (including phenoxy) is 2. The summed E-state index contributed by atoms with van der Waals surface area (Å²) < 4.78 is 22.6. The Balaban J connectivity index is 1.71. The topological polar surface area (TPSA) is 35.5 Å². The summed E-state index contributed by atoms with van der Waals surface area (Å²) in [7, 11) is 0.376. The third kappa shape index (κ3) is 5.90. The normalized spacial score (nSPS) is 11.4. The standard InChI is InChI=1S/C19H20O3S/c1-16-5-11-19(12-6-16)23(20)14-4-3-13-22-15-17-7-9-18(21-2)10-8-17/h5-12H,3,13,15H2,1-2H3/t23-/m0/s1. The monoisotopic (exact) mass is 328 g/mol. The van der Waals surface area contributed by atoms with Gasteiger partial charge in [0.05, 0.1) is 25.2 Å². The predicted molar refractivity (Wildman–Crippen MR) is 92.6 cm³/mol. The van der Waals surface area contributed by atoms with Crippen LogP contribution in [0.3, 0.4) is 0 Å². The van der Waals surface area contributed by atoms with Crippen LogP contribution >= 0.6 is 0 Å². The van der Waals surface area contributed by atoms with Crippen molar-refractivity contribution in [3.63, 3.8) is 0 Å². The molecule has 0 fully saturated rings. The van der Waals surface area contributed by atoms with Gasteiger partial charge in [0.2, 0.25) is 0 Å². The van der Waals surface area contributed by atoms with E-state index in [4.69, 9.17) is 9.47 Å². The lowest BCUT2D eigenvalue weighted by Crippen LogP contribution is -1.95. The molecule has 0 amide bonds. The van der Waals surface area contributed by atoms with Gasteiger partial charge in [-0.3, -0.25) is 0 Å². The highest BCUT2D eigenvalue weighted by Crippen LogP contribution is 2.12. The predicted octanol–water partition coefficient (Wildman–Crippen LogP) is 3.68. The van der Waals surface area contributed by atoms with Gasteiger partial charge in [-0.2, -0.15) is 0 Å². The van der Waals surface area contributed by atoms with E-state index in [0.29, 0.717) is 19.6 Å². The van der Waals surface area contributed by atoms with Crippen LogP contribution in [-0.4, -0.2) is 17.9 Å². The van der Waals surface area contributed by atoms with E-state index in [2.05, 4.69) is 11.2 Å². The van der Waals surface area contributed by atoms with E-state index in [0.717, 1.165) is 21.8 Å². The first-order valence-electron chi connectivity index (χ1n) is 7.36. The molecule has 2 aromatic carbocycles. The molecule has 4 heteroatoms. The average Bonchev–Trinajstić information content (AvgIpc) is 2.59. The van der Waals surface area contributed by atoms with Crippen molar-refractivity contribution in [2.75, 3.05) is 13.7 Å². The lowest BCUT2D eigenvalue weighted by molar-refractivity contribution is 0.126. The number of hydrogen-bond donors (Lipinski definition) is 0. The van der Waals surface area contributed by atoms with Crippen LogP contribution in [0.25, 0.3) is 0 Å². The van der Waals surface area contributed by atoms with E-state index in [9.17, 15) is 4.21 Å². The van der Waals surface area contributed by atoms with Crippen molar-refractivity contribution in [3.8, 4) is 16.9 Å². The third-order valence-corrected chi connectivity index (χ3v) is 4.23. The Morgan fingerprint density at radius 1 is 1.04 bits per heavy atom. The first kappa shape index (κ1) is 17.3. The first-order chi connectivity index (χ1) is 11.2. The fraction of sp³-hybridized carbons (Fsp3) is 0.263. The van der Waals surface area contributed by atoms with Gasteiger partial charge in [-0.1, -0.05) is 35.7 Å². The summed E-state index contributed by atoms with van der Waals surface area (Å²) in [5.74, 6) is 3.74. The number of benzene rings is 2. The molecular formula is C19H20O3S. The molecule has 0 saturated heterocycles. The maximum Gasteiger partial charge on any atom is 0.130 e.